The lowest BCUT2D eigenvalue weighted by Crippen LogP contribution is -2.24. The van der Waals surface area contributed by atoms with Crippen LogP contribution in [0.4, 0.5) is 10.8 Å². The third-order valence-electron chi connectivity index (χ3n) is 3.82. The summed E-state index contributed by atoms with van der Waals surface area (Å²) in [5, 5.41) is 4.66. The van der Waals surface area contributed by atoms with Gasteiger partial charge in [-0.25, -0.2) is 4.98 Å². The molecule has 0 amide bonds. The van der Waals surface area contributed by atoms with Crippen LogP contribution in [0.3, 0.4) is 0 Å². The summed E-state index contributed by atoms with van der Waals surface area (Å²) < 4.78 is 0. The topological polar surface area (TPSA) is 28.2 Å². The summed E-state index contributed by atoms with van der Waals surface area (Å²) in [6.45, 7) is 3.17. The van der Waals surface area contributed by atoms with Gasteiger partial charge in [-0.15, -0.1) is 11.3 Å². The number of para-hydroxylation sites is 1. The summed E-state index contributed by atoms with van der Waals surface area (Å²) in [6.07, 6.45) is 3.65. The van der Waals surface area contributed by atoms with Gasteiger partial charge in [-0.05, 0) is 37.9 Å². The number of nitrogens with zero attached hydrogens (tertiary/aromatic N) is 2. The lowest BCUT2D eigenvalue weighted by Gasteiger charge is -2.21. The zero-order chi connectivity index (χ0) is 13.9. The highest BCUT2D eigenvalue weighted by Gasteiger charge is 2.25. The van der Waals surface area contributed by atoms with Crippen molar-refractivity contribution in [3.63, 3.8) is 0 Å². The highest BCUT2D eigenvalue weighted by Crippen LogP contribution is 2.38. The van der Waals surface area contributed by atoms with Crippen LogP contribution in [0.5, 0.6) is 0 Å². The van der Waals surface area contributed by atoms with Crippen LogP contribution < -0.4 is 10.2 Å². The van der Waals surface area contributed by atoms with Gasteiger partial charge in [0, 0.05) is 17.6 Å². The first-order valence-electron chi connectivity index (χ1n) is 7.31. The first kappa shape index (κ1) is 13.6. The molecule has 106 valence electrons. The van der Waals surface area contributed by atoms with Crippen LogP contribution in [0, 0.1) is 0 Å². The lowest BCUT2D eigenvalue weighted by atomic mass is 9.98. The van der Waals surface area contributed by atoms with Crippen molar-refractivity contribution in [3.05, 3.63) is 40.9 Å². The second kappa shape index (κ2) is 5.94. The van der Waals surface area contributed by atoms with Gasteiger partial charge in [0.15, 0.2) is 5.13 Å². The Bertz CT molecular complexity index is 564. The zero-order valence-corrected chi connectivity index (χ0v) is 12.9. The molecule has 0 radical (unpaired) electrons. The summed E-state index contributed by atoms with van der Waals surface area (Å²) in [5.41, 5.74) is 2.47. The highest BCUT2D eigenvalue weighted by atomic mass is 32.1. The van der Waals surface area contributed by atoms with Gasteiger partial charge in [-0.1, -0.05) is 25.1 Å². The van der Waals surface area contributed by atoms with Gasteiger partial charge in [0.2, 0.25) is 0 Å². The van der Waals surface area contributed by atoms with Crippen LogP contribution >= 0.6 is 11.3 Å². The minimum atomic E-state index is 0.443. The fraction of sp³-hybridized carbons (Fsp3) is 0.438. The van der Waals surface area contributed by atoms with E-state index in [0.717, 1.165) is 11.7 Å². The molecular formula is C16H21N3S. The third kappa shape index (κ3) is 2.58. The fourth-order valence-corrected chi connectivity index (χ4v) is 3.90. The summed E-state index contributed by atoms with van der Waals surface area (Å²) >= 11 is 1.84. The van der Waals surface area contributed by atoms with Crippen LogP contribution in [0.2, 0.25) is 0 Å². The molecule has 0 saturated carbocycles. The van der Waals surface area contributed by atoms with Gasteiger partial charge in [0.25, 0.3) is 0 Å². The van der Waals surface area contributed by atoms with E-state index >= 15 is 0 Å². The van der Waals surface area contributed by atoms with Crippen LogP contribution in [-0.2, 0) is 6.42 Å². The van der Waals surface area contributed by atoms with Crippen molar-refractivity contribution in [1.29, 1.82) is 0 Å². The largest absolute Gasteiger partial charge is 0.321 e. The SMILES string of the molecule is CCNC1CCCc2sc(N(C)c3ccccc3)nc21. The van der Waals surface area contributed by atoms with Crippen LogP contribution in [0.15, 0.2) is 30.3 Å². The molecule has 1 atom stereocenters. The zero-order valence-electron chi connectivity index (χ0n) is 12.1. The van der Waals surface area contributed by atoms with Crippen LogP contribution in [0.1, 0.15) is 36.4 Å². The summed E-state index contributed by atoms with van der Waals surface area (Å²) in [4.78, 5) is 8.55. The number of fused-ring (bicyclic) bond motifs is 1. The summed E-state index contributed by atoms with van der Waals surface area (Å²) in [5.74, 6) is 0. The van der Waals surface area contributed by atoms with Crippen LogP contribution in [-0.4, -0.2) is 18.6 Å². The number of aryl methyl sites for hydroxylation is 1. The molecule has 1 heterocycles. The molecule has 4 heteroatoms. The van der Waals surface area contributed by atoms with Gasteiger partial charge in [-0.3, -0.25) is 0 Å². The molecule has 0 spiro atoms. The number of anilines is 2. The number of nitrogens with one attached hydrogen (secondary N) is 1. The molecule has 3 rings (SSSR count). The summed E-state index contributed by atoms with van der Waals surface area (Å²) in [7, 11) is 2.10. The highest BCUT2D eigenvalue weighted by molar-refractivity contribution is 7.15. The number of rotatable bonds is 4. The van der Waals surface area contributed by atoms with E-state index in [1.54, 1.807) is 0 Å². The number of hydrogen-bond donors (Lipinski definition) is 1. The number of hydrogen-bond acceptors (Lipinski definition) is 4. The standard InChI is InChI=1S/C16H21N3S/c1-3-17-13-10-7-11-14-15(13)18-16(20-14)19(2)12-8-5-4-6-9-12/h4-6,8-9,13,17H,3,7,10-11H2,1-2H3. The van der Waals surface area contributed by atoms with E-state index < -0.39 is 0 Å². The molecule has 1 N–H and O–H groups in total. The molecule has 1 aromatic heterocycles. The molecule has 3 nitrogen and oxygen atoms in total. The molecule has 1 aromatic carbocycles. The minimum Gasteiger partial charge on any atom is -0.321 e. The quantitative estimate of drug-likeness (QED) is 0.924. The normalized spacial score (nSPS) is 17.8. The molecule has 2 aromatic rings. The van der Waals surface area contributed by atoms with Gasteiger partial charge >= 0.3 is 0 Å². The number of thiazole rings is 1. The van der Waals surface area contributed by atoms with Crippen molar-refractivity contribution in [2.24, 2.45) is 0 Å². The van der Waals surface area contributed by atoms with Crippen molar-refractivity contribution >= 4 is 22.2 Å². The van der Waals surface area contributed by atoms with Crippen molar-refractivity contribution in [1.82, 2.24) is 10.3 Å². The first-order valence-corrected chi connectivity index (χ1v) is 8.13. The van der Waals surface area contributed by atoms with Crippen molar-refractivity contribution in [2.45, 2.75) is 32.2 Å². The van der Waals surface area contributed by atoms with Crippen molar-refractivity contribution in [2.75, 3.05) is 18.5 Å². The van der Waals surface area contributed by atoms with Crippen LogP contribution in [0.25, 0.3) is 0 Å². The Kier molecular flexibility index (Phi) is 4.03. The molecule has 0 saturated heterocycles. The maximum absolute atomic E-state index is 4.91. The van der Waals surface area contributed by atoms with Gasteiger partial charge < -0.3 is 10.2 Å². The van der Waals surface area contributed by atoms with E-state index in [9.17, 15) is 0 Å². The Morgan fingerprint density at radius 1 is 1.35 bits per heavy atom. The number of aromatic nitrogens is 1. The minimum absolute atomic E-state index is 0.443. The molecule has 0 aliphatic heterocycles. The predicted molar refractivity (Wildman–Crippen MR) is 86.0 cm³/mol. The van der Waals surface area contributed by atoms with E-state index in [2.05, 4.69) is 48.5 Å². The Labute approximate surface area is 124 Å². The Morgan fingerprint density at radius 3 is 2.90 bits per heavy atom. The fourth-order valence-electron chi connectivity index (χ4n) is 2.76. The molecule has 0 fully saturated rings. The second-order valence-corrected chi connectivity index (χ2v) is 6.26. The van der Waals surface area contributed by atoms with E-state index in [-0.39, 0.29) is 0 Å². The maximum Gasteiger partial charge on any atom is 0.190 e. The second-order valence-electron chi connectivity index (χ2n) is 5.20. The third-order valence-corrected chi connectivity index (χ3v) is 5.03. The predicted octanol–water partition coefficient (Wildman–Crippen LogP) is 3.90. The Hall–Kier alpha value is -1.39. The van der Waals surface area contributed by atoms with Gasteiger partial charge in [0.05, 0.1) is 11.7 Å². The first-order chi connectivity index (χ1) is 9.79. The monoisotopic (exact) mass is 287 g/mol. The Morgan fingerprint density at radius 2 is 2.15 bits per heavy atom. The summed E-state index contributed by atoms with van der Waals surface area (Å²) in [6, 6.07) is 10.9. The molecular weight excluding hydrogens is 266 g/mol. The maximum atomic E-state index is 4.91. The van der Waals surface area contributed by atoms with Gasteiger partial charge in [-0.2, -0.15) is 0 Å². The van der Waals surface area contributed by atoms with E-state index in [1.165, 1.54) is 35.5 Å². The van der Waals surface area contributed by atoms with E-state index in [1.807, 2.05) is 17.4 Å². The Balaban J connectivity index is 1.89. The van der Waals surface area contributed by atoms with Crippen molar-refractivity contribution in [3.8, 4) is 0 Å². The lowest BCUT2D eigenvalue weighted by molar-refractivity contribution is 0.465. The molecule has 1 unspecified atom stereocenters. The molecule has 1 aliphatic carbocycles. The number of benzene rings is 1. The average molecular weight is 287 g/mol. The molecule has 20 heavy (non-hydrogen) atoms. The van der Waals surface area contributed by atoms with Gasteiger partial charge in [0.1, 0.15) is 0 Å². The van der Waals surface area contributed by atoms with E-state index in [4.69, 9.17) is 4.98 Å². The smallest absolute Gasteiger partial charge is 0.190 e. The van der Waals surface area contributed by atoms with Crippen molar-refractivity contribution < 1.29 is 0 Å². The molecule has 0 bridgehead atoms. The van der Waals surface area contributed by atoms with E-state index in [0.29, 0.717) is 6.04 Å². The molecule has 1 aliphatic rings. The average Bonchev–Trinajstić information content (AvgIpc) is 2.93.